The highest BCUT2D eigenvalue weighted by atomic mass is 32.1. The molecular formula is C22H23N5O2S. The molecule has 3 heterocycles. The van der Waals surface area contributed by atoms with Gasteiger partial charge in [-0.25, -0.2) is 0 Å². The zero-order valence-corrected chi connectivity index (χ0v) is 17.4. The minimum absolute atomic E-state index is 0.0324. The van der Waals surface area contributed by atoms with Crippen LogP contribution in [0, 0.1) is 4.77 Å². The van der Waals surface area contributed by atoms with Crippen LogP contribution in [0.15, 0.2) is 60.2 Å². The molecule has 154 valence electrons. The molecule has 0 atom stereocenters. The average Bonchev–Trinajstić information content (AvgIpc) is 2.77. The maximum absolute atomic E-state index is 13.0. The second-order valence-electron chi connectivity index (χ2n) is 7.32. The second kappa shape index (κ2) is 8.73. The molecule has 1 aliphatic rings. The van der Waals surface area contributed by atoms with Gasteiger partial charge < -0.3 is 9.88 Å². The van der Waals surface area contributed by atoms with E-state index in [0.717, 1.165) is 19.6 Å². The number of fused-ring (bicyclic) bond motifs is 1. The van der Waals surface area contributed by atoms with Crippen molar-refractivity contribution in [3.05, 3.63) is 81.6 Å². The van der Waals surface area contributed by atoms with E-state index in [1.807, 2.05) is 17.0 Å². The third-order valence-electron chi connectivity index (χ3n) is 5.36. The molecule has 7 nitrogen and oxygen atoms in total. The standard InChI is InChI=1S/C22H23N5O2S/c1-2-9-27-21(29)18-4-3-17(14-19(18)24-22(27)30)20(28)26-12-10-25(11-13-26)15-16-5-7-23-8-6-16/h2-8,14H,1,9-13,15H2,(H,24,30). The molecule has 0 radical (unpaired) electrons. The first kappa shape index (κ1) is 20.2. The minimum atomic E-state index is -0.183. The number of benzene rings is 1. The Hall–Kier alpha value is -3.10. The molecule has 2 aromatic heterocycles. The predicted molar refractivity (Wildman–Crippen MR) is 119 cm³/mol. The van der Waals surface area contributed by atoms with Gasteiger partial charge in [-0.15, -0.1) is 6.58 Å². The van der Waals surface area contributed by atoms with E-state index in [9.17, 15) is 9.59 Å². The average molecular weight is 422 g/mol. The van der Waals surface area contributed by atoms with Crippen molar-refractivity contribution < 1.29 is 4.79 Å². The fraction of sp³-hybridized carbons (Fsp3) is 0.273. The molecule has 30 heavy (non-hydrogen) atoms. The number of piperazine rings is 1. The molecule has 8 heteroatoms. The summed E-state index contributed by atoms with van der Waals surface area (Å²) in [5.41, 5.74) is 2.16. The van der Waals surface area contributed by atoms with E-state index in [0.29, 0.717) is 40.9 Å². The van der Waals surface area contributed by atoms with Crippen molar-refractivity contribution in [2.45, 2.75) is 13.1 Å². The largest absolute Gasteiger partial charge is 0.336 e. The molecule has 1 N–H and O–H groups in total. The van der Waals surface area contributed by atoms with E-state index in [2.05, 4.69) is 21.4 Å². The van der Waals surface area contributed by atoms with Crippen molar-refractivity contribution in [2.24, 2.45) is 0 Å². The molecule has 0 bridgehead atoms. The number of hydrogen-bond acceptors (Lipinski definition) is 5. The molecule has 4 rings (SSSR count). The summed E-state index contributed by atoms with van der Waals surface area (Å²) in [6.45, 7) is 7.82. The van der Waals surface area contributed by atoms with Crippen LogP contribution in [0.5, 0.6) is 0 Å². The highest BCUT2D eigenvalue weighted by Gasteiger charge is 2.22. The highest BCUT2D eigenvalue weighted by Crippen LogP contribution is 2.15. The van der Waals surface area contributed by atoms with Gasteiger partial charge in [0.2, 0.25) is 0 Å². The lowest BCUT2D eigenvalue weighted by Gasteiger charge is -2.34. The van der Waals surface area contributed by atoms with Gasteiger partial charge in [0, 0.05) is 57.2 Å². The number of allylic oxidation sites excluding steroid dienone is 1. The van der Waals surface area contributed by atoms with Crippen LogP contribution in [-0.2, 0) is 13.1 Å². The van der Waals surface area contributed by atoms with E-state index in [4.69, 9.17) is 12.2 Å². The monoisotopic (exact) mass is 421 g/mol. The quantitative estimate of drug-likeness (QED) is 0.506. The fourth-order valence-corrected chi connectivity index (χ4v) is 3.99. The topological polar surface area (TPSA) is 74.2 Å². The normalized spacial score (nSPS) is 14.7. The van der Waals surface area contributed by atoms with E-state index >= 15 is 0 Å². The lowest BCUT2D eigenvalue weighted by atomic mass is 10.1. The number of hydrogen-bond donors (Lipinski definition) is 1. The van der Waals surface area contributed by atoms with Crippen LogP contribution >= 0.6 is 12.2 Å². The maximum atomic E-state index is 13.0. The van der Waals surface area contributed by atoms with Crippen LogP contribution in [0.3, 0.4) is 0 Å². The number of carbonyl (C=O) groups excluding carboxylic acids is 1. The first-order valence-corrected chi connectivity index (χ1v) is 10.3. The summed E-state index contributed by atoms with van der Waals surface area (Å²) in [6, 6.07) is 9.15. The molecule has 0 unspecified atom stereocenters. The van der Waals surface area contributed by atoms with Crippen molar-refractivity contribution in [2.75, 3.05) is 26.2 Å². The van der Waals surface area contributed by atoms with Crippen molar-refractivity contribution in [1.29, 1.82) is 0 Å². The van der Waals surface area contributed by atoms with Gasteiger partial charge in [0.1, 0.15) is 0 Å². The maximum Gasteiger partial charge on any atom is 0.262 e. The van der Waals surface area contributed by atoms with Gasteiger partial charge in [-0.05, 0) is 48.1 Å². The van der Waals surface area contributed by atoms with E-state index < -0.39 is 0 Å². The van der Waals surface area contributed by atoms with E-state index in [1.54, 1.807) is 36.7 Å². The molecule has 0 spiro atoms. The molecule has 1 aliphatic heterocycles. The van der Waals surface area contributed by atoms with Crippen LogP contribution in [0.1, 0.15) is 15.9 Å². The summed E-state index contributed by atoms with van der Waals surface area (Å²) in [5, 5.41) is 0.504. The third-order valence-corrected chi connectivity index (χ3v) is 5.68. The van der Waals surface area contributed by atoms with Crippen molar-refractivity contribution in [1.82, 2.24) is 24.3 Å². The molecule has 3 aromatic rings. The Kier molecular flexibility index (Phi) is 5.87. The lowest BCUT2D eigenvalue weighted by molar-refractivity contribution is 0.0628. The molecular weight excluding hydrogens is 398 g/mol. The van der Waals surface area contributed by atoms with E-state index in [-0.39, 0.29) is 11.5 Å². The summed E-state index contributed by atoms with van der Waals surface area (Å²) < 4.78 is 1.77. The number of rotatable bonds is 5. The number of aromatic amines is 1. The molecule has 1 fully saturated rings. The summed E-state index contributed by atoms with van der Waals surface area (Å²) in [6.07, 6.45) is 5.22. The van der Waals surface area contributed by atoms with Crippen LogP contribution in [0.2, 0.25) is 0 Å². The first-order valence-electron chi connectivity index (χ1n) is 9.85. The van der Waals surface area contributed by atoms with Gasteiger partial charge in [0.25, 0.3) is 11.5 Å². The van der Waals surface area contributed by atoms with Gasteiger partial charge in [-0.3, -0.25) is 24.0 Å². The Morgan fingerprint density at radius 1 is 1.17 bits per heavy atom. The smallest absolute Gasteiger partial charge is 0.262 e. The molecule has 1 aromatic carbocycles. The van der Waals surface area contributed by atoms with Gasteiger partial charge in [-0.2, -0.15) is 0 Å². The number of aromatic nitrogens is 3. The van der Waals surface area contributed by atoms with Gasteiger partial charge in [0.05, 0.1) is 10.9 Å². The van der Waals surface area contributed by atoms with Gasteiger partial charge >= 0.3 is 0 Å². The number of carbonyl (C=O) groups is 1. The lowest BCUT2D eigenvalue weighted by Crippen LogP contribution is -2.48. The Balaban J connectivity index is 1.48. The summed E-state index contributed by atoms with van der Waals surface area (Å²) in [4.78, 5) is 36.9. The SMILES string of the molecule is C=CCn1c(=S)[nH]c2cc(C(=O)N3CCN(Cc4ccncc4)CC3)ccc2c1=O. The van der Waals surface area contributed by atoms with Gasteiger partial charge in [-0.1, -0.05) is 6.08 Å². The zero-order valence-electron chi connectivity index (χ0n) is 16.6. The van der Waals surface area contributed by atoms with E-state index in [1.165, 1.54) is 10.1 Å². The number of H-pyrrole nitrogens is 1. The Labute approximate surface area is 179 Å². The third kappa shape index (κ3) is 4.10. The zero-order chi connectivity index (χ0) is 21.1. The summed E-state index contributed by atoms with van der Waals surface area (Å²) in [5.74, 6) is -0.0324. The predicted octanol–water partition coefficient (Wildman–Crippen LogP) is 2.60. The molecule has 0 aliphatic carbocycles. The molecule has 0 saturated carbocycles. The van der Waals surface area contributed by atoms with Crippen LogP contribution < -0.4 is 5.56 Å². The minimum Gasteiger partial charge on any atom is -0.336 e. The molecule has 1 saturated heterocycles. The van der Waals surface area contributed by atoms with Crippen molar-refractivity contribution in [3.8, 4) is 0 Å². The van der Waals surface area contributed by atoms with Crippen LogP contribution in [0.4, 0.5) is 0 Å². The second-order valence-corrected chi connectivity index (χ2v) is 7.71. The summed E-state index contributed by atoms with van der Waals surface area (Å²) >= 11 is 5.29. The Morgan fingerprint density at radius 2 is 1.90 bits per heavy atom. The van der Waals surface area contributed by atoms with Crippen LogP contribution in [-0.4, -0.2) is 56.4 Å². The van der Waals surface area contributed by atoms with Crippen molar-refractivity contribution in [3.63, 3.8) is 0 Å². The number of amides is 1. The Bertz CT molecular complexity index is 1190. The Morgan fingerprint density at radius 3 is 2.60 bits per heavy atom. The number of nitrogens with one attached hydrogen (secondary N) is 1. The van der Waals surface area contributed by atoms with Crippen molar-refractivity contribution >= 4 is 29.0 Å². The highest BCUT2D eigenvalue weighted by molar-refractivity contribution is 7.71. The number of pyridine rings is 1. The summed E-state index contributed by atoms with van der Waals surface area (Å²) in [7, 11) is 0. The fourth-order valence-electron chi connectivity index (χ4n) is 3.72. The molecule has 1 amide bonds. The first-order chi connectivity index (χ1) is 14.6. The van der Waals surface area contributed by atoms with Crippen LogP contribution in [0.25, 0.3) is 10.9 Å². The van der Waals surface area contributed by atoms with Gasteiger partial charge in [0.15, 0.2) is 4.77 Å². The number of nitrogens with zero attached hydrogens (tertiary/aromatic N) is 4.